The summed E-state index contributed by atoms with van der Waals surface area (Å²) in [4.78, 5) is 38.7. The molecule has 2 heterocycles. The highest BCUT2D eigenvalue weighted by Gasteiger charge is 2.41. The highest BCUT2D eigenvalue weighted by atomic mass is 32.2. The van der Waals surface area contributed by atoms with E-state index < -0.39 is 5.97 Å². The number of hydrogen-bond acceptors (Lipinski definition) is 6. The van der Waals surface area contributed by atoms with E-state index in [1.165, 1.54) is 33.3 Å². The number of hydrogen-bond donors (Lipinski definition) is 1. The highest BCUT2D eigenvalue weighted by Crippen LogP contribution is 2.46. The molecule has 9 heteroatoms. The van der Waals surface area contributed by atoms with Crippen LogP contribution in [0.5, 0.6) is 0 Å². The zero-order chi connectivity index (χ0) is 16.4. The van der Waals surface area contributed by atoms with Crippen molar-refractivity contribution in [3.05, 3.63) is 9.81 Å². The minimum absolute atomic E-state index is 0.0181. The van der Waals surface area contributed by atoms with Crippen LogP contribution in [-0.2, 0) is 14.4 Å². The molecule has 0 aliphatic carbocycles. The van der Waals surface area contributed by atoms with Gasteiger partial charge in [0.1, 0.15) is 5.57 Å². The first-order valence-electron chi connectivity index (χ1n) is 6.83. The van der Waals surface area contributed by atoms with Crippen molar-refractivity contribution in [2.45, 2.75) is 25.5 Å². The van der Waals surface area contributed by atoms with Gasteiger partial charge in [0, 0.05) is 24.1 Å². The Balaban J connectivity index is 2.34. The number of rotatable bonds is 4. The molecule has 2 rings (SSSR count). The average Bonchev–Trinajstić information content (AvgIpc) is 2.87. The standard InChI is InChI=1S/C13H16N2O4S3/c1-3-14-10(18)9(11(19)15(4-2)13(14)20)12-21-6-7(22-12)5-8(16)17/h7H,3-6H2,1-2H3,(H,16,17). The number of amides is 2. The second-order valence-electron chi connectivity index (χ2n) is 4.69. The van der Waals surface area contributed by atoms with Crippen molar-refractivity contribution in [1.29, 1.82) is 0 Å². The van der Waals surface area contributed by atoms with E-state index in [9.17, 15) is 14.4 Å². The fourth-order valence-corrected chi connectivity index (χ4v) is 5.61. The lowest BCUT2D eigenvalue weighted by atomic mass is 10.2. The van der Waals surface area contributed by atoms with Gasteiger partial charge in [0.2, 0.25) is 0 Å². The van der Waals surface area contributed by atoms with E-state index in [1.807, 2.05) is 0 Å². The van der Waals surface area contributed by atoms with Crippen LogP contribution in [0.4, 0.5) is 0 Å². The fourth-order valence-electron chi connectivity index (χ4n) is 2.23. The second-order valence-corrected chi connectivity index (χ2v) is 7.66. The molecule has 2 aliphatic rings. The first-order chi connectivity index (χ1) is 10.4. The Morgan fingerprint density at radius 3 is 2.27 bits per heavy atom. The molecule has 0 bridgehead atoms. The third-order valence-electron chi connectivity index (χ3n) is 3.29. The molecule has 0 aromatic rings. The van der Waals surface area contributed by atoms with E-state index >= 15 is 0 Å². The van der Waals surface area contributed by atoms with Crippen molar-refractivity contribution in [3.8, 4) is 0 Å². The van der Waals surface area contributed by atoms with Gasteiger partial charge in [-0.3, -0.25) is 24.2 Å². The number of carboxylic acids is 1. The fraction of sp³-hybridized carbons (Fsp3) is 0.538. The van der Waals surface area contributed by atoms with Crippen molar-refractivity contribution in [2.24, 2.45) is 0 Å². The van der Waals surface area contributed by atoms with Gasteiger partial charge in [-0.2, -0.15) is 0 Å². The van der Waals surface area contributed by atoms with Crippen molar-refractivity contribution in [1.82, 2.24) is 9.80 Å². The molecule has 0 spiro atoms. The molecule has 2 aliphatic heterocycles. The number of likely N-dealkylation sites (N-methyl/N-ethyl adjacent to an activating group) is 2. The van der Waals surface area contributed by atoms with E-state index in [0.717, 1.165) is 0 Å². The number of carbonyl (C=O) groups excluding carboxylic acids is 2. The summed E-state index contributed by atoms with van der Waals surface area (Å²) >= 11 is 7.88. The molecule has 0 aromatic carbocycles. The smallest absolute Gasteiger partial charge is 0.304 e. The van der Waals surface area contributed by atoms with Crippen LogP contribution in [0.15, 0.2) is 9.81 Å². The molecular weight excluding hydrogens is 344 g/mol. The molecule has 0 aromatic heterocycles. The second kappa shape index (κ2) is 7.01. The first-order valence-corrected chi connectivity index (χ1v) is 9.11. The van der Waals surface area contributed by atoms with Crippen molar-refractivity contribution in [3.63, 3.8) is 0 Å². The topological polar surface area (TPSA) is 77.9 Å². The van der Waals surface area contributed by atoms with Gasteiger partial charge in [0.05, 0.1) is 10.7 Å². The van der Waals surface area contributed by atoms with Crippen molar-refractivity contribution in [2.75, 3.05) is 18.8 Å². The Bertz CT molecular complexity index is 548. The molecule has 1 N–H and O–H groups in total. The van der Waals surface area contributed by atoms with Gasteiger partial charge >= 0.3 is 5.97 Å². The largest absolute Gasteiger partial charge is 0.481 e. The Kier molecular flexibility index (Phi) is 5.51. The van der Waals surface area contributed by atoms with E-state index in [2.05, 4.69) is 0 Å². The summed E-state index contributed by atoms with van der Waals surface area (Å²) in [6.45, 7) is 4.40. The number of carbonyl (C=O) groups is 3. The Labute approximate surface area is 142 Å². The lowest BCUT2D eigenvalue weighted by molar-refractivity contribution is -0.137. The van der Waals surface area contributed by atoms with Gasteiger partial charge in [-0.1, -0.05) is 0 Å². The molecule has 1 atom stereocenters. The lowest BCUT2D eigenvalue weighted by Gasteiger charge is -2.35. The SMILES string of the molecule is CCN1C(=O)C(=C2SCC(CC(=O)O)S2)C(=O)N(CC)C1=S. The number of thioether (sulfide) groups is 2. The van der Waals surface area contributed by atoms with Crippen LogP contribution >= 0.6 is 35.7 Å². The zero-order valence-electron chi connectivity index (χ0n) is 12.2. The predicted octanol–water partition coefficient (Wildman–Crippen LogP) is 1.52. The van der Waals surface area contributed by atoms with Crippen LogP contribution < -0.4 is 0 Å². The summed E-state index contributed by atoms with van der Waals surface area (Å²) in [5, 5.41) is 8.98. The Morgan fingerprint density at radius 2 is 1.82 bits per heavy atom. The van der Waals surface area contributed by atoms with Crippen molar-refractivity contribution < 1.29 is 19.5 Å². The molecule has 120 valence electrons. The monoisotopic (exact) mass is 360 g/mol. The van der Waals surface area contributed by atoms with Crippen LogP contribution in [-0.4, -0.2) is 61.9 Å². The van der Waals surface area contributed by atoms with Crippen LogP contribution in [0.2, 0.25) is 0 Å². The highest BCUT2D eigenvalue weighted by molar-refractivity contribution is 8.25. The normalized spacial score (nSPS) is 22.8. The van der Waals surface area contributed by atoms with E-state index in [4.69, 9.17) is 17.3 Å². The summed E-state index contributed by atoms with van der Waals surface area (Å²) in [6, 6.07) is 0. The summed E-state index contributed by atoms with van der Waals surface area (Å²) in [6.07, 6.45) is 0.0181. The van der Waals surface area contributed by atoms with Gasteiger partial charge in [-0.25, -0.2) is 0 Å². The number of thiocarbonyl (C=S) groups is 1. The number of aliphatic carboxylic acids is 1. The van der Waals surface area contributed by atoms with Crippen LogP contribution in [0, 0.1) is 0 Å². The molecule has 1 unspecified atom stereocenters. The number of nitrogens with zero attached hydrogens (tertiary/aromatic N) is 2. The summed E-state index contributed by atoms with van der Waals surface area (Å²) in [7, 11) is 0. The molecule has 22 heavy (non-hydrogen) atoms. The maximum absolute atomic E-state index is 12.5. The predicted molar refractivity (Wildman–Crippen MR) is 90.5 cm³/mol. The van der Waals surface area contributed by atoms with E-state index in [0.29, 0.717) is 23.1 Å². The van der Waals surface area contributed by atoms with Gasteiger partial charge in [-0.15, -0.1) is 23.5 Å². The maximum atomic E-state index is 12.5. The zero-order valence-corrected chi connectivity index (χ0v) is 14.6. The van der Waals surface area contributed by atoms with Gasteiger partial charge in [-0.05, 0) is 26.1 Å². The lowest BCUT2D eigenvalue weighted by Crippen LogP contribution is -2.56. The van der Waals surface area contributed by atoms with Gasteiger partial charge in [0.25, 0.3) is 11.8 Å². The van der Waals surface area contributed by atoms with Crippen LogP contribution in [0.3, 0.4) is 0 Å². The molecule has 2 amide bonds. The van der Waals surface area contributed by atoms with Gasteiger partial charge in [0.15, 0.2) is 5.11 Å². The minimum Gasteiger partial charge on any atom is -0.481 e. The maximum Gasteiger partial charge on any atom is 0.304 e. The average molecular weight is 360 g/mol. The van der Waals surface area contributed by atoms with Crippen LogP contribution in [0.25, 0.3) is 0 Å². The number of carboxylic acid groups (broad SMARTS) is 1. The molecule has 2 fully saturated rings. The molecular formula is C13H16N2O4S3. The Morgan fingerprint density at radius 1 is 1.27 bits per heavy atom. The third kappa shape index (κ3) is 3.16. The summed E-state index contributed by atoms with van der Waals surface area (Å²) in [5.74, 6) is -1.06. The quantitative estimate of drug-likeness (QED) is 0.463. The van der Waals surface area contributed by atoms with E-state index in [1.54, 1.807) is 13.8 Å². The Hall–Kier alpha value is -1.06. The molecule has 6 nitrogen and oxygen atoms in total. The summed E-state index contributed by atoms with van der Waals surface area (Å²) < 4.78 is 0.612. The van der Waals surface area contributed by atoms with Crippen LogP contribution in [0.1, 0.15) is 20.3 Å². The minimum atomic E-state index is -0.878. The molecule has 2 saturated heterocycles. The van der Waals surface area contributed by atoms with Crippen molar-refractivity contribution >= 4 is 58.6 Å². The molecule has 0 radical (unpaired) electrons. The first kappa shape index (κ1) is 17.3. The van der Waals surface area contributed by atoms with E-state index in [-0.39, 0.29) is 34.2 Å². The summed E-state index contributed by atoms with van der Waals surface area (Å²) in [5.41, 5.74) is 0.125. The molecule has 0 saturated carbocycles. The van der Waals surface area contributed by atoms with Gasteiger partial charge < -0.3 is 5.11 Å². The third-order valence-corrected chi connectivity index (χ3v) is 6.71.